The standard InChI is InChI=1S/C26H46N4O3/c1-18(2)21(17-19(3)24(32)30-15-11-12-16-30)29(8)25(33)22(26(4,5)6)27-23(31)20-13-9-10-14-28(20)7/h17-18,20-22H,9-16H2,1-8H3,(H,27,31)/t20-,21-,22-/m1/s1. The summed E-state index contributed by atoms with van der Waals surface area (Å²) in [6.07, 6.45) is 6.98. The van der Waals surface area contributed by atoms with Gasteiger partial charge in [0.2, 0.25) is 17.7 Å². The fraction of sp³-hybridized carbons (Fsp3) is 0.808. The highest BCUT2D eigenvalue weighted by atomic mass is 16.2. The maximum absolute atomic E-state index is 13.7. The van der Waals surface area contributed by atoms with Crippen molar-refractivity contribution in [2.45, 2.75) is 91.8 Å². The normalized spacial score (nSPS) is 22.3. The molecule has 3 amide bonds. The number of nitrogens with one attached hydrogen (secondary N) is 1. The fourth-order valence-corrected chi connectivity index (χ4v) is 4.89. The van der Waals surface area contributed by atoms with E-state index >= 15 is 0 Å². The van der Waals surface area contributed by atoms with Gasteiger partial charge in [-0.1, -0.05) is 47.1 Å². The molecule has 0 bridgehead atoms. The Balaban J connectivity index is 2.21. The van der Waals surface area contributed by atoms with Crippen LogP contribution in [0.2, 0.25) is 0 Å². The summed E-state index contributed by atoms with van der Waals surface area (Å²) in [6.45, 7) is 14.4. The predicted octanol–water partition coefficient (Wildman–Crippen LogP) is 3.05. The number of rotatable bonds is 7. The Hall–Kier alpha value is -1.89. The molecule has 3 atom stereocenters. The Morgan fingerprint density at radius 3 is 2.12 bits per heavy atom. The van der Waals surface area contributed by atoms with E-state index in [2.05, 4.69) is 24.1 Å². The van der Waals surface area contributed by atoms with Gasteiger partial charge in [0.25, 0.3) is 0 Å². The van der Waals surface area contributed by atoms with Gasteiger partial charge in [0, 0.05) is 25.7 Å². The average Bonchev–Trinajstić information content (AvgIpc) is 3.28. The lowest BCUT2D eigenvalue weighted by atomic mass is 9.84. The Bertz CT molecular complexity index is 734. The highest BCUT2D eigenvalue weighted by molar-refractivity contribution is 5.93. The number of piperidine rings is 1. The van der Waals surface area contributed by atoms with E-state index in [1.807, 2.05) is 45.7 Å². The molecule has 2 heterocycles. The summed E-state index contributed by atoms with van der Waals surface area (Å²) >= 11 is 0. The molecular weight excluding hydrogens is 416 g/mol. The second-order valence-corrected chi connectivity index (χ2v) is 11.3. The van der Waals surface area contributed by atoms with Crippen LogP contribution in [0.25, 0.3) is 0 Å². The number of likely N-dealkylation sites (tertiary alicyclic amines) is 2. The van der Waals surface area contributed by atoms with Crippen LogP contribution in [0.4, 0.5) is 0 Å². The van der Waals surface area contributed by atoms with Crippen LogP contribution in [0.15, 0.2) is 11.6 Å². The fourth-order valence-electron chi connectivity index (χ4n) is 4.89. The van der Waals surface area contributed by atoms with Crippen LogP contribution in [-0.2, 0) is 14.4 Å². The van der Waals surface area contributed by atoms with Gasteiger partial charge in [0.05, 0.1) is 12.1 Å². The third kappa shape index (κ3) is 7.05. The Morgan fingerprint density at radius 1 is 1.03 bits per heavy atom. The SMILES string of the molecule is CC(=C[C@H](C(C)C)N(C)C(=O)[C@@H](NC(=O)[C@H]1CCCCN1C)C(C)(C)C)C(=O)N1CCCC1. The van der Waals surface area contributed by atoms with Gasteiger partial charge in [0.15, 0.2) is 0 Å². The third-order valence-electron chi connectivity index (χ3n) is 7.10. The van der Waals surface area contributed by atoms with Crippen molar-refractivity contribution in [3.63, 3.8) is 0 Å². The summed E-state index contributed by atoms with van der Waals surface area (Å²) < 4.78 is 0. The van der Waals surface area contributed by atoms with Crippen LogP contribution in [0.5, 0.6) is 0 Å². The van der Waals surface area contributed by atoms with Crippen molar-refractivity contribution in [3.8, 4) is 0 Å². The molecule has 0 aliphatic carbocycles. The number of hydrogen-bond donors (Lipinski definition) is 1. The van der Waals surface area contributed by atoms with Crippen molar-refractivity contribution in [2.75, 3.05) is 33.7 Å². The Morgan fingerprint density at radius 2 is 1.61 bits per heavy atom. The lowest BCUT2D eigenvalue weighted by Gasteiger charge is -2.39. The number of nitrogens with zero attached hydrogens (tertiary/aromatic N) is 3. The van der Waals surface area contributed by atoms with Crippen LogP contribution in [-0.4, -0.2) is 84.3 Å². The largest absolute Gasteiger partial charge is 0.342 e. The first-order valence-electron chi connectivity index (χ1n) is 12.6. The summed E-state index contributed by atoms with van der Waals surface area (Å²) in [5.41, 5.74) is 0.232. The van der Waals surface area contributed by atoms with Crippen LogP contribution < -0.4 is 5.32 Å². The maximum atomic E-state index is 13.7. The van der Waals surface area contributed by atoms with E-state index in [0.717, 1.165) is 51.7 Å². The van der Waals surface area contributed by atoms with Crippen molar-refractivity contribution in [2.24, 2.45) is 11.3 Å². The number of carbonyl (C=O) groups is 3. The van der Waals surface area contributed by atoms with Crippen LogP contribution in [0.1, 0.15) is 73.6 Å². The first-order valence-corrected chi connectivity index (χ1v) is 12.6. The molecule has 7 heteroatoms. The first kappa shape index (κ1) is 27.4. The molecule has 0 unspecified atom stereocenters. The van der Waals surface area contributed by atoms with E-state index in [1.165, 1.54) is 0 Å². The highest BCUT2D eigenvalue weighted by Crippen LogP contribution is 2.25. The predicted molar refractivity (Wildman–Crippen MR) is 133 cm³/mol. The summed E-state index contributed by atoms with van der Waals surface area (Å²) in [4.78, 5) is 45.4. The zero-order valence-corrected chi connectivity index (χ0v) is 22.1. The van der Waals surface area contributed by atoms with E-state index in [4.69, 9.17) is 0 Å². The quantitative estimate of drug-likeness (QED) is 0.590. The zero-order chi connectivity index (χ0) is 24.9. The molecule has 2 saturated heterocycles. The van der Waals surface area contributed by atoms with Crippen LogP contribution >= 0.6 is 0 Å². The molecule has 0 aromatic heterocycles. The zero-order valence-electron chi connectivity index (χ0n) is 22.1. The van der Waals surface area contributed by atoms with E-state index < -0.39 is 11.5 Å². The van der Waals surface area contributed by atoms with Gasteiger partial charge in [-0.3, -0.25) is 19.3 Å². The molecule has 0 spiro atoms. The molecule has 7 nitrogen and oxygen atoms in total. The van der Waals surface area contributed by atoms with Gasteiger partial charge in [0.1, 0.15) is 6.04 Å². The molecule has 0 saturated carbocycles. The molecule has 188 valence electrons. The summed E-state index contributed by atoms with van der Waals surface area (Å²) in [7, 11) is 3.76. The number of carbonyl (C=O) groups excluding carboxylic acids is 3. The lowest BCUT2D eigenvalue weighted by molar-refractivity contribution is -0.141. The topological polar surface area (TPSA) is 73.0 Å². The van der Waals surface area contributed by atoms with Crippen molar-refractivity contribution in [1.29, 1.82) is 0 Å². The minimum atomic E-state index is -0.644. The van der Waals surface area contributed by atoms with E-state index in [-0.39, 0.29) is 35.7 Å². The third-order valence-corrected chi connectivity index (χ3v) is 7.10. The van der Waals surface area contributed by atoms with Gasteiger partial charge in [-0.25, -0.2) is 0 Å². The van der Waals surface area contributed by atoms with Gasteiger partial charge in [-0.15, -0.1) is 0 Å². The van der Waals surface area contributed by atoms with Crippen molar-refractivity contribution < 1.29 is 14.4 Å². The maximum Gasteiger partial charge on any atom is 0.249 e. The van der Waals surface area contributed by atoms with E-state index in [0.29, 0.717) is 5.57 Å². The number of hydrogen-bond acceptors (Lipinski definition) is 4. The minimum absolute atomic E-state index is 0.0556. The molecular formula is C26H46N4O3. The molecule has 0 aromatic rings. The van der Waals surface area contributed by atoms with Gasteiger partial charge in [-0.2, -0.15) is 0 Å². The van der Waals surface area contributed by atoms with Crippen LogP contribution in [0, 0.1) is 11.3 Å². The second kappa shape index (κ2) is 11.5. The molecule has 2 aliphatic rings. The average molecular weight is 463 g/mol. The second-order valence-electron chi connectivity index (χ2n) is 11.3. The summed E-state index contributed by atoms with van der Waals surface area (Å²) in [5.74, 6) is -0.0114. The summed E-state index contributed by atoms with van der Waals surface area (Å²) in [6, 6.07) is -1.07. The molecule has 2 rings (SSSR count). The molecule has 33 heavy (non-hydrogen) atoms. The first-order chi connectivity index (χ1) is 15.3. The molecule has 1 N–H and O–H groups in total. The van der Waals surface area contributed by atoms with Gasteiger partial charge >= 0.3 is 0 Å². The van der Waals surface area contributed by atoms with E-state index in [9.17, 15) is 14.4 Å². The monoisotopic (exact) mass is 462 g/mol. The van der Waals surface area contributed by atoms with Gasteiger partial charge < -0.3 is 15.1 Å². The molecule has 2 fully saturated rings. The van der Waals surface area contributed by atoms with Gasteiger partial charge in [-0.05, 0) is 57.5 Å². The molecule has 0 radical (unpaired) electrons. The van der Waals surface area contributed by atoms with E-state index in [1.54, 1.807) is 11.9 Å². The van der Waals surface area contributed by atoms with Crippen LogP contribution in [0.3, 0.4) is 0 Å². The minimum Gasteiger partial charge on any atom is -0.342 e. The Labute approximate surface area is 200 Å². The smallest absolute Gasteiger partial charge is 0.249 e. The Kier molecular flexibility index (Phi) is 9.53. The molecule has 0 aromatic carbocycles. The lowest BCUT2D eigenvalue weighted by Crippen LogP contribution is -2.59. The number of amides is 3. The van der Waals surface area contributed by atoms with Crippen molar-refractivity contribution in [1.82, 2.24) is 20.0 Å². The van der Waals surface area contributed by atoms with Crippen molar-refractivity contribution >= 4 is 17.7 Å². The highest BCUT2D eigenvalue weighted by Gasteiger charge is 2.39. The number of likely N-dealkylation sites (N-methyl/N-ethyl adjacent to an activating group) is 2. The summed E-state index contributed by atoms with van der Waals surface area (Å²) in [5, 5.41) is 3.08. The van der Waals surface area contributed by atoms with Crippen molar-refractivity contribution in [3.05, 3.63) is 11.6 Å². The molecule has 2 aliphatic heterocycles.